The van der Waals surface area contributed by atoms with Gasteiger partial charge in [-0.05, 0) is 25.2 Å². The molecule has 4 nitrogen and oxygen atoms in total. The van der Waals surface area contributed by atoms with Gasteiger partial charge in [0.1, 0.15) is 0 Å². The molecule has 2 unspecified atom stereocenters. The largest absolute Gasteiger partial charge is 0.481 e. The van der Waals surface area contributed by atoms with Gasteiger partial charge in [-0.15, -0.1) is 0 Å². The molecule has 4 heteroatoms. The first-order chi connectivity index (χ1) is 8.76. The topological polar surface area (TPSA) is 38.2 Å². The maximum atomic E-state index is 5.18. The lowest BCUT2D eigenvalue weighted by Crippen LogP contribution is -2.35. The fraction of sp³-hybridized carbons (Fsp3) is 0.714. The minimum absolute atomic E-state index is 0.581. The van der Waals surface area contributed by atoms with Crippen molar-refractivity contribution >= 4 is 5.95 Å². The monoisotopic (exact) mass is 249 g/mol. The van der Waals surface area contributed by atoms with Crippen LogP contribution in [0.2, 0.25) is 0 Å². The van der Waals surface area contributed by atoms with E-state index in [1.165, 1.54) is 25.7 Å². The normalized spacial score (nSPS) is 21.1. The van der Waals surface area contributed by atoms with E-state index in [-0.39, 0.29) is 0 Å². The molecule has 2 rings (SSSR count). The van der Waals surface area contributed by atoms with Crippen LogP contribution in [0, 0.1) is 5.92 Å². The van der Waals surface area contributed by atoms with Gasteiger partial charge in [-0.3, -0.25) is 0 Å². The standard InChI is InChI=1S/C14H23N3O/c1-4-6-11(2)12-7-5-10-17(12)14-15-9-8-13(16-14)18-3/h8-9,11-12H,4-7,10H2,1-3H3. The molecular weight excluding hydrogens is 226 g/mol. The summed E-state index contributed by atoms with van der Waals surface area (Å²) in [4.78, 5) is 11.2. The highest BCUT2D eigenvalue weighted by atomic mass is 16.5. The fourth-order valence-corrected chi connectivity index (χ4v) is 2.86. The van der Waals surface area contributed by atoms with E-state index in [9.17, 15) is 0 Å². The van der Waals surface area contributed by atoms with Gasteiger partial charge in [0, 0.05) is 24.8 Å². The second-order valence-corrected chi connectivity index (χ2v) is 5.07. The van der Waals surface area contributed by atoms with Crippen molar-refractivity contribution in [2.45, 2.75) is 45.6 Å². The summed E-state index contributed by atoms with van der Waals surface area (Å²) in [7, 11) is 1.65. The van der Waals surface area contributed by atoms with Gasteiger partial charge in [0.15, 0.2) is 0 Å². The predicted molar refractivity (Wildman–Crippen MR) is 73.0 cm³/mol. The maximum absolute atomic E-state index is 5.18. The Labute approximate surface area is 109 Å². The third-order valence-corrected chi connectivity index (χ3v) is 3.78. The van der Waals surface area contributed by atoms with E-state index < -0.39 is 0 Å². The van der Waals surface area contributed by atoms with Crippen molar-refractivity contribution in [2.75, 3.05) is 18.6 Å². The minimum Gasteiger partial charge on any atom is -0.481 e. The van der Waals surface area contributed by atoms with Gasteiger partial charge in [0.05, 0.1) is 7.11 Å². The highest BCUT2D eigenvalue weighted by Gasteiger charge is 2.30. The van der Waals surface area contributed by atoms with Crippen molar-refractivity contribution in [3.8, 4) is 5.88 Å². The SMILES string of the molecule is CCCC(C)C1CCCN1c1nccc(OC)n1. The Morgan fingerprint density at radius 1 is 1.56 bits per heavy atom. The van der Waals surface area contributed by atoms with Crippen molar-refractivity contribution in [3.05, 3.63) is 12.3 Å². The van der Waals surface area contributed by atoms with Crippen LogP contribution in [-0.4, -0.2) is 29.7 Å². The average molecular weight is 249 g/mol. The fourth-order valence-electron chi connectivity index (χ4n) is 2.86. The quantitative estimate of drug-likeness (QED) is 0.804. The molecule has 0 spiro atoms. The molecule has 0 N–H and O–H groups in total. The molecule has 0 bridgehead atoms. The molecule has 1 aliphatic heterocycles. The molecular formula is C14H23N3O. The molecule has 0 saturated carbocycles. The zero-order valence-electron chi connectivity index (χ0n) is 11.6. The summed E-state index contributed by atoms with van der Waals surface area (Å²) in [6.45, 7) is 5.65. The Hall–Kier alpha value is -1.32. The molecule has 18 heavy (non-hydrogen) atoms. The summed E-state index contributed by atoms with van der Waals surface area (Å²) in [5.74, 6) is 2.17. The lowest BCUT2D eigenvalue weighted by Gasteiger charge is -2.29. The lowest BCUT2D eigenvalue weighted by atomic mass is 9.95. The molecule has 0 aromatic carbocycles. The van der Waals surface area contributed by atoms with E-state index in [4.69, 9.17) is 4.74 Å². The average Bonchev–Trinajstić information content (AvgIpc) is 2.88. The van der Waals surface area contributed by atoms with Gasteiger partial charge in [0.2, 0.25) is 11.8 Å². The van der Waals surface area contributed by atoms with Gasteiger partial charge in [-0.2, -0.15) is 4.98 Å². The predicted octanol–water partition coefficient (Wildman–Crippen LogP) is 2.89. The van der Waals surface area contributed by atoms with Crippen molar-refractivity contribution < 1.29 is 4.74 Å². The Bertz CT molecular complexity index is 383. The Balaban J connectivity index is 2.14. The van der Waals surface area contributed by atoms with Crippen molar-refractivity contribution in [3.63, 3.8) is 0 Å². The second-order valence-electron chi connectivity index (χ2n) is 5.07. The number of nitrogens with zero attached hydrogens (tertiary/aromatic N) is 3. The molecule has 1 aromatic heterocycles. The third kappa shape index (κ3) is 2.74. The van der Waals surface area contributed by atoms with Crippen LogP contribution in [0.1, 0.15) is 39.5 Å². The summed E-state index contributed by atoms with van der Waals surface area (Å²) < 4.78 is 5.18. The van der Waals surface area contributed by atoms with Gasteiger partial charge in [-0.1, -0.05) is 20.3 Å². The third-order valence-electron chi connectivity index (χ3n) is 3.78. The zero-order chi connectivity index (χ0) is 13.0. The number of hydrogen-bond acceptors (Lipinski definition) is 4. The van der Waals surface area contributed by atoms with E-state index >= 15 is 0 Å². The van der Waals surface area contributed by atoms with E-state index in [0.717, 1.165) is 12.5 Å². The first-order valence-corrected chi connectivity index (χ1v) is 6.90. The van der Waals surface area contributed by atoms with Crippen molar-refractivity contribution in [1.82, 2.24) is 9.97 Å². The van der Waals surface area contributed by atoms with Crippen LogP contribution in [0.4, 0.5) is 5.95 Å². The zero-order valence-corrected chi connectivity index (χ0v) is 11.6. The molecule has 1 aliphatic rings. The molecule has 0 radical (unpaired) electrons. The Morgan fingerprint density at radius 2 is 2.39 bits per heavy atom. The molecule has 100 valence electrons. The number of aromatic nitrogens is 2. The van der Waals surface area contributed by atoms with E-state index in [1.807, 2.05) is 0 Å². The van der Waals surface area contributed by atoms with Gasteiger partial charge in [0.25, 0.3) is 0 Å². The highest BCUT2D eigenvalue weighted by molar-refractivity contribution is 5.35. The number of anilines is 1. The van der Waals surface area contributed by atoms with Crippen molar-refractivity contribution in [1.29, 1.82) is 0 Å². The van der Waals surface area contributed by atoms with Gasteiger partial charge >= 0.3 is 0 Å². The molecule has 1 fully saturated rings. The van der Waals surface area contributed by atoms with Crippen LogP contribution in [0.5, 0.6) is 5.88 Å². The summed E-state index contributed by atoms with van der Waals surface area (Å²) in [5, 5.41) is 0. The Kier molecular flexibility index (Phi) is 4.39. The first kappa shape index (κ1) is 13.1. The smallest absolute Gasteiger partial charge is 0.228 e. The summed E-state index contributed by atoms with van der Waals surface area (Å²) in [5.41, 5.74) is 0. The summed E-state index contributed by atoms with van der Waals surface area (Å²) in [6.07, 6.45) is 6.78. The van der Waals surface area contributed by atoms with Crippen molar-refractivity contribution in [2.24, 2.45) is 5.92 Å². The van der Waals surface area contributed by atoms with E-state index in [1.54, 1.807) is 19.4 Å². The van der Waals surface area contributed by atoms with Crippen LogP contribution in [0.3, 0.4) is 0 Å². The first-order valence-electron chi connectivity index (χ1n) is 6.90. The lowest BCUT2D eigenvalue weighted by molar-refractivity contribution is 0.392. The molecule has 1 saturated heterocycles. The van der Waals surface area contributed by atoms with Crippen LogP contribution in [0.25, 0.3) is 0 Å². The van der Waals surface area contributed by atoms with Gasteiger partial charge in [-0.25, -0.2) is 4.98 Å². The minimum atomic E-state index is 0.581. The molecule has 2 atom stereocenters. The molecule has 2 heterocycles. The van der Waals surface area contributed by atoms with Crippen LogP contribution < -0.4 is 9.64 Å². The highest BCUT2D eigenvalue weighted by Crippen LogP contribution is 2.30. The second kappa shape index (κ2) is 6.03. The van der Waals surface area contributed by atoms with Crippen LogP contribution in [-0.2, 0) is 0 Å². The number of hydrogen-bond donors (Lipinski definition) is 0. The molecule has 0 aliphatic carbocycles. The molecule has 1 aromatic rings. The number of rotatable bonds is 5. The maximum Gasteiger partial charge on any atom is 0.228 e. The number of methoxy groups -OCH3 is 1. The summed E-state index contributed by atoms with van der Waals surface area (Å²) in [6, 6.07) is 2.38. The molecule has 0 amide bonds. The Morgan fingerprint density at radius 3 is 3.11 bits per heavy atom. The van der Waals surface area contributed by atoms with Crippen LogP contribution >= 0.6 is 0 Å². The van der Waals surface area contributed by atoms with Gasteiger partial charge < -0.3 is 9.64 Å². The number of ether oxygens (including phenoxy) is 1. The van der Waals surface area contributed by atoms with E-state index in [0.29, 0.717) is 17.8 Å². The van der Waals surface area contributed by atoms with Crippen LogP contribution in [0.15, 0.2) is 12.3 Å². The summed E-state index contributed by atoms with van der Waals surface area (Å²) >= 11 is 0. The van der Waals surface area contributed by atoms with E-state index in [2.05, 4.69) is 28.7 Å².